The molecule has 19 heteroatoms. The van der Waals surface area contributed by atoms with Gasteiger partial charge in [-0.05, 0) is 105 Å². The van der Waals surface area contributed by atoms with Crippen molar-refractivity contribution in [3.05, 3.63) is 104 Å². The third-order valence-electron chi connectivity index (χ3n) is 14.1. The number of H-pyrrole nitrogens is 1. The Morgan fingerprint density at radius 2 is 1.81 bits per heavy atom. The van der Waals surface area contributed by atoms with Crippen molar-refractivity contribution in [2.45, 2.75) is 76.6 Å². The van der Waals surface area contributed by atoms with Gasteiger partial charge in [-0.3, -0.25) is 29.6 Å². The van der Waals surface area contributed by atoms with Crippen molar-refractivity contribution in [1.82, 2.24) is 29.4 Å². The largest absolute Gasteiger partial charge is 0.455 e. The molecule has 6 heterocycles. The fourth-order valence-corrected chi connectivity index (χ4v) is 11.9. The van der Waals surface area contributed by atoms with Gasteiger partial charge in [0, 0.05) is 105 Å². The van der Waals surface area contributed by atoms with E-state index < -0.39 is 31.4 Å². The Bertz CT molecular complexity index is 2800. The number of fused-ring (bicyclic) bond motifs is 1. The summed E-state index contributed by atoms with van der Waals surface area (Å²) in [5, 5.41) is 18.2. The standard InChI is InChI=1S/C50H63N9O8S2/c1-33-27-57(28-34(2)55(33)5)29-35-20-47(68-32-35)43-24-50(3,4)12-10-37(43)30-56-14-16-58(17-15-56)38-6-8-42(46(22-38)67-39-21-36-11-13-51-48(36)53-25-39)49(60)54-69(63,64)41-7-9-44(45(23-41)59(61)62)52-26-40-31-65-18-19-66-40/h6-9,11,13,20-23,25,32-34,40,52H,10,12,14-19,24,26-31H2,1-5H3,(H,51,53)(H,54,60)/t33-,34+,40?. The molecule has 9 rings (SSSR count). The number of amides is 1. The molecule has 1 unspecified atom stereocenters. The third-order valence-corrected chi connectivity index (χ3v) is 16.4. The lowest BCUT2D eigenvalue weighted by Gasteiger charge is -2.42. The summed E-state index contributed by atoms with van der Waals surface area (Å²) in [6, 6.07) is 15.7. The van der Waals surface area contributed by atoms with Crippen LogP contribution in [0.5, 0.6) is 11.5 Å². The fourth-order valence-electron chi connectivity index (χ4n) is 9.90. The summed E-state index contributed by atoms with van der Waals surface area (Å²) in [4.78, 5) is 43.8. The Morgan fingerprint density at radius 3 is 2.57 bits per heavy atom. The molecule has 0 saturated carbocycles. The second-order valence-electron chi connectivity index (χ2n) is 19.8. The molecule has 0 bridgehead atoms. The van der Waals surface area contributed by atoms with Crippen LogP contribution in [0.3, 0.4) is 0 Å². The van der Waals surface area contributed by atoms with E-state index in [0.29, 0.717) is 43.3 Å². The smallest absolute Gasteiger partial charge is 0.293 e. The topological polar surface area (TPSA) is 188 Å². The molecule has 3 N–H and O–H groups in total. The highest BCUT2D eigenvalue weighted by molar-refractivity contribution is 7.90. The average molecular weight is 982 g/mol. The minimum atomic E-state index is -4.59. The van der Waals surface area contributed by atoms with Crippen LogP contribution in [0.25, 0.3) is 16.6 Å². The van der Waals surface area contributed by atoms with Crippen LogP contribution in [-0.4, -0.2) is 141 Å². The number of nitrogens with zero attached hydrogens (tertiary/aromatic N) is 6. The first-order valence-corrected chi connectivity index (χ1v) is 26.2. The maximum absolute atomic E-state index is 14.0. The number of anilines is 2. The molecule has 1 amide bonds. The van der Waals surface area contributed by atoms with E-state index >= 15 is 0 Å². The monoisotopic (exact) mass is 981 g/mol. The summed E-state index contributed by atoms with van der Waals surface area (Å²) in [6.07, 6.45) is 6.29. The van der Waals surface area contributed by atoms with E-state index in [9.17, 15) is 23.3 Å². The molecule has 4 aliphatic rings. The van der Waals surface area contributed by atoms with Crippen molar-refractivity contribution < 1.29 is 32.3 Å². The van der Waals surface area contributed by atoms with Crippen molar-refractivity contribution in [3.63, 3.8) is 0 Å². The lowest BCUT2D eigenvalue weighted by Crippen LogP contribution is -2.54. The van der Waals surface area contributed by atoms with Gasteiger partial charge in [0.25, 0.3) is 21.6 Å². The number of rotatable bonds is 15. The zero-order valence-corrected chi connectivity index (χ0v) is 41.7. The molecular formula is C50H63N9O8S2. The summed E-state index contributed by atoms with van der Waals surface area (Å²) >= 11 is 1.89. The van der Waals surface area contributed by atoms with Crippen LogP contribution in [0, 0.1) is 15.5 Å². The van der Waals surface area contributed by atoms with Gasteiger partial charge in [-0.15, -0.1) is 11.3 Å². The van der Waals surface area contributed by atoms with Gasteiger partial charge in [0.15, 0.2) is 0 Å². The number of likely N-dealkylation sites (N-methyl/N-ethyl adjacent to an activating group) is 1. The van der Waals surface area contributed by atoms with Crippen molar-refractivity contribution in [2.24, 2.45) is 5.41 Å². The van der Waals surface area contributed by atoms with Gasteiger partial charge in [-0.1, -0.05) is 19.4 Å². The summed E-state index contributed by atoms with van der Waals surface area (Å²) in [6.45, 7) is 18.1. The lowest BCUT2D eigenvalue weighted by atomic mass is 9.73. The number of allylic oxidation sites excluding steroid dienone is 1. The van der Waals surface area contributed by atoms with Gasteiger partial charge in [-0.25, -0.2) is 18.1 Å². The number of sulfonamides is 1. The number of benzene rings is 2. The molecule has 0 radical (unpaired) electrons. The highest BCUT2D eigenvalue weighted by atomic mass is 32.2. The number of carbonyl (C=O) groups excluding carboxylic acids is 1. The van der Waals surface area contributed by atoms with Crippen LogP contribution in [-0.2, 0) is 26.0 Å². The zero-order chi connectivity index (χ0) is 48.5. The molecular weight excluding hydrogens is 919 g/mol. The predicted molar refractivity (Wildman–Crippen MR) is 269 cm³/mol. The van der Waals surface area contributed by atoms with E-state index in [1.165, 1.54) is 39.9 Å². The second kappa shape index (κ2) is 20.5. The van der Waals surface area contributed by atoms with Crippen molar-refractivity contribution in [1.29, 1.82) is 0 Å². The number of hydrogen-bond acceptors (Lipinski definition) is 15. The number of aromatic nitrogens is 2. The highest BCUT2D eigenvalue weighted by Crippen LogP contribution is 2.45. The van der Waals surface area contributed by atoms with Crippen molar-refractivity contribution >= 4 is 60.9 Å². The van der Waals surface area contributed by atoms with Crippen LogP contribution in [0.1, 0.15) is 67.8 Å². The van der Waals surface area contributed by atoms with E-state index in [-0.39, 0.29) is 35.1 Å². The van der Waals surface area contributed by atoms with Gasteiger partial charge >= 0.3 is 0 Å². The molecule has 69 heavy (non-hydrogen) atoms. The van der Waals surface area contributed by atoms with Gasteiger partial charge in [-0.2, -0.15) is 0 Å². The molecule has 3 aromatic heterocycles. The first-order chi connectivity index (χ1) is 33.1. The van der Waals surface area contributed by atoms with Crippen LogP contribution >= 0.6 is 11.3 Å². The van der Waals surface area contributed by atoms with Crippen molar-refractivity contribution in [3.8, 4) is 11.5 Å². The Balaban J connectivity index is 0.901. The van der Waals surface area contributed by atoms with Crippen LogP contribution in [0.2, 0.25) is 0 Å². The number of nitro groups is 1. The van der Waals surface area contributed by atoms with Gasteiger partial charge < -0.3 is 29.4 Å². The van der Waals surface area contributed by atoms with E-state index in [4.69, 9.17) is 14.2 Å². The summed E-state index contributed by atoms with van der Waals surface area (Å²) in [7, 11) is -2.35. The number of nitrogens with one attached hydrogen (secondary N) is 3. The number of hydrogen-bond donors (Lipinski definition) is 3. The number of nitro benzene ring substituents is 1. The first kappa shape index (κ1) is 48.6. The summed E-state index contributed by atoms with van der Waals surface area (Å²) < 4.78 is 47.0. The molecule has 3 fully saturated rings. The highest BCUT2D eigenvalue weighted by Gasteiger charge is 2.32. The maximum Gasteiger partial charge on any atom is 0.293 e. The zero-order valence-electron chi connectivity index (χ0n) is 40.0. The van der Waals surface area contributed by atoms with E-state index in [1.54, 1.807) is 30.5 Å². The average Bonchev–Trinajstić information content (AvgIpc) is 4.00. The first-order valence-electron chi connectivity index (χ1n) is 23.8. The number of pyridine rings is 1. The Hall–Kier alpha value is -5.41. The quantitative estimate of drug-likeness (QED) is 0.0688. The maximum atomic E-state index is 14.0. The van der Waals surface area contributed by atoms with E-state index in [2.05, 4.69) is 85.8 Å². The number of aromatic amines is 1. The van der Waals surface area contributed by atoms with Crippen LogP contribution in [0.4, 0.5) is 17.1 Å². The number of piperazine rings is 2. The minimum Gasteiger partial charge on any atom is -0.455 e. The number of thiophene rings is 1. The lowest BCUT2D eigenvalue weighted by molar-refractivity contribution is -0.384. The Kier molecular flexibility index (Phi) is 14.4. The molecule has 1 aliphatic carbocycles. The number of ether oxygens (including phenoxy) is 3. The third kappa shape index (κ3) is 11.5. The van der Waals surface area contributed by atoms with E-state index in [1.807, 2.05) is 17.4 Å². The van der Waals surface area contributed by atoms with Gasteiger partial charge in [0.05, 0.1) is 47.5 Å². The summed E-state index contributed by atoms with van der Waals surface area (Å²) in [5.74, 6) is -0.478. The second-order valence-corrected chi connectivity index (χ2v) is 22.3. The molecule has 5 aromatic rings. The fraction of sp³-hybridized carbons (Fsp3) is 0.480. The molecule has 3 aliphatic heterocycles. The predicted octanol–water partition coefficient (Wildman–Crippen LogP) is 7.58. The Morgan fingerprint density at radius 1 is 1.01 bits per heavy atom. The molecule has 17 nitrogen and oxygen atoms in total. The van der Waals surface area contributed by atoms with E-state index in [0.717, 1.165) is 88.8 Å². The van der Waals surface area contributed by atoms with Crippen molar-refractivity contribution in [2.75, 3.05) is 89.4 Å². The van der Waals surface area contributed by atoms with Gasteiger partial charge in [0.1, 0.15) is 22.8 Å². The minimum absolute atomic E-state index is 0.0401. The van der Waals surface area contributed by atoms with Gasteiger partial charge in [0.2, 0.25) is 0 Å². The molecule has 368 valence electrons. The molecule has 2 aromatic carbocycles. The molecule has 0 spiro atoms. The number of carbonyl (C=O) groups is 1. The molecule has 3 atom stereocenters. The van der Waals surface area contributed by atoms with Crippen LogP contribution < -0.4 is 19.7 Å². The SMILES string of the molecule is C[C@@H]1CN(Cc2csc(C3=C(CN4CCN(c5ccc(C(=O)NS(=O)(=O)c6ccc(NCC7COCCO7)c([N+](=O)[O-])c6)c(Oc6cnc7[nH]ccc7c6)c5)CC4)CCC(C)(C)C3)c2)C[C@H](C)N1C. The summed E-state index contributed by atoms with van der Waals surface area (Å²) in [5.41, 5.74) is 5.77. The van der Waals surface area contributed by atoms with Crippen LogP contribution in [0.15, 0.2) is 82.8 Å². The molecule has 3 saturated heterocycles. The Labute approximate surface area is 408 Å². The normalized spacial score (nSPS) is 21.9.